The molecular weight excluding hydrogens is 212 g/mol. The van der Waals surface area contributed by atoms with Gasteiger partial charge >= 0.3 is 0 Å². The molecule has 0 amide bonds. The molecule has 2 atom stereocenters. The zero-order valence-corrected chi connectivity index (χ0v) is 9.84. The number of hydrogen-bond donors (Lipinski definition) is 0. The number of anilines is 1. The molecule has 1 aliphatic carbocycles. The van der Waals surface area contributed by atoms with Gasteiger partial charge in [-0.05, 0) is 31.2 Å². The molecule has 1 aromatic heterocycles. The molecule has 4 nitrogen and oxygen atoms in total. The van der Waals surface area contributed by atoms with Gasteiger partial charge in [0, 0.05) is 12.6 Å². The highest BCUT2D eigenvalue weighted by atomic mass is 15.3. The maximum atomic E-state index is 9.13. The lowest BCUT2D eigenvalue weighted by atomic mass is 9.85. The van der Waals surface area contributed by atoms with Crippen LogP contribution in [0, 0.1) is 17.2 Å². The smallest absolute Gasteiger partial charge is 0.169 e. The van der Waals surface area contributed by atoms with Gasteiger partial charge in [-0.1, -0.05) is 12.8 Å². The van der Waals surface area contributed by atoms with E-state index in [2.05, 4.69) is 21.2 Å². The van der Waals surface area contributed by atoms with Crippen molar-refractivity contribution in [3.63, 3.8) is 0 Å². The first-order chi connectivity index (χ1) is 8.40. The summed E-state index contributed by atoms with van der Waals surface area (Å²) in [6.07, 6.45) is 8.08. The number of aromatic nitrogens is 2. The predicted molar refractivity (Wildman–Crippen MR) is 64.5 cm³/mol. The summed E-state index contributed by atoms with van der Waals surface area (Å²) < 4.78 is 0. The summed E-state index contributed by atoms with van der Waals surface area (Å²) in [5.74, 6) is 1.60. The summed E-state index contributed by atoms with van der Waals surface area (Å²) >= 11 is 0. The molecular formula is C13H16N4. The maximum absolute atomic E-state index is 9.13. The van der Waals surface area contributed by atoms with E-state index in [1.165, 1.54) is 32.1 Å². The molecule has 1 aromatic rings. The molecule has 4 heteroatoms. The van der Waals surface area contributed by atoms with Crippen molar-refractivity contribution >= 4 is 5.82 Å². The second kappa shape index (κ2) is 4.33. The van der Waals surface area contributed by atoms with Crippen molar-refractivity contribution in [1.29, 1.82) is 5.26 Å². The number of nitrogens with zero attached hydrogens (tertiary/aromatic N) is 4. The van der Waals surface area contributed by atoms with Crippen molar-refractivity contribution in [2.24, 2.45) is 5.92 Å². The molecule has 1 aliphatic heterocycles. The van der Waals surface area contributed by atoms with Crippen LogP contribution in [0.2, 0.25) is 0 Å². The minimum Gasteiger partial charge on any atom is -0.351 e. The zero-order valence-electron chi connectivity index (χ0n) is 9.84. The first-order valence-electron chi connectivity index (χ1n) is 6.38. The third-order valence-corrected chi connectivity index (χ3v) is 4.10. The van der Waals surface area contributed by atoms with Gasteiger partial charge in [-0.15, -0.1) is 5.10 Å². The van der Waals surface area contributed by atoms with Crippen molar-refractivity contribution in [3.8, 4) is 6.07 Å². The van der Waals surface area contributed by atoms with Crippen LogP contribution in [0.4, 0.5) is 5.82 Å². The number of rotatable bonds is 1. The fourth-order valence-electron chi connectivity index (χ4n) is 3.29. The fourth-order valence-corrected chi connectivity index (χ4v) is 3.29. The van der Waals surface area contributed by atoms with Crippen molar-refractivity contribution in [3.05, 3.63) is 17.8 Å². The van der Waals surface area contributed by atoms with Crippen LogP contribution in [0.5, 0.6) is 0 Å². The Morgan fingerprint density at radius 3 is 3.06 bits per heavy atom. The van der Waals surface area contributed by atoms with Gasteiger partial charge in [0.05, 0.1) is 11.8 Å². The summed E-state index contributed by atoms with van der Waals surface area (Å²) in [5.41, 5.74) is 0.659. The lowest BCUT2D eigenvalue weighted by Crippen LogP contribution is -2.35. The molecule has 0 radical (unpaired) electrons. The second-order valence-corrected chi connectivity index (χ2v) is 4.97. The van der Waals surface area contributed by atoms with E-state index in [1.807, 2.05) is 0 Å². The van der Waals surface area contributed by atoms with Gasteiger partial charge in [-0.2, -0.15) is 10.4 Å². The Morgan fingerprint density at radius 1 is 1.29 bits per heavy atom. The zero-order chi connectivity index (χ0) is 11.7. The molecule has 3 rings (SSSR count). The fraction of sp³-hybridized carbons (Fsp3) is 0.615. The first-order valence-corrected chi connectivity index (χ1v) is 6.38. The summed E-state index contributed by atoms with van der Waals surface area (Å²) in [7, 11) is 0. The molecule has 2 unspecified atom stereocenters. The van der Waals surface area contributed by atoms with Crippen molar-refractivity contribution in [2.45, 2.75) is 38.1 Å². The molecule has 88 valence electrons. The summed E-state index contributed by atoms with van der Waals surface area (Å²) in [6.45, 7) is 1.03. The molecule has 1 saturated carbocycles. The van der Waals surface area contributed by atoms with Crippen molar-refractivity contribution in [2.75, 3.05) is 11.4 Å². The van der Waals surface area contributed by atoms with E-state index in [4.69, 9.17) is 5.26 Å². The van der Waals surface area contributed by atoms with Crippen LogP contribution in [0.3, 0.4) is 0 Å². The normalized spacial score (nSPS) is 27.6. The molecule has 0 bridgehead atoms. The highest BCUT2D eigenvalue weighted by Gasteiger charge is 2.37. The molecule has 2 aliphatic rings. The Hall–Kier alpha value is -1.63. The summed E-state index contributed by atoms with van der Waals surface area (Å²) in [5, 5.41) is 17.2. The van der Waals surface area contributed by atoms with E-state index in [0.29, 0.717) is 11.6 Å². The van der Waals surface area contributed by atoms with Crippen LogP contribution in [0.15, 0.2) is 12.3 Å². The Kier molecular flexibility index (Phi) is 2.68. The van der Waals surface area contributed by atoms with Gasteiger partial charge in [-0.25, -0.2) is 0 Å². The van der Waals surface area contributed by atoms with Gasteiger partial charge in [0.15, 0.2) is 5.82 Å². The highest BCUT2D eigenvalue weighted by Crippen LogP contribution is 2.38. The van der Waals surface area contributed by atoms with E-state index in [1.54, 1.807) is 12.3 Å². The van der Waals surface area contributed by atoms with E-state index in [0.717, 1.165) is 18.3 Å². The van der Waals surface area contributed by atoms with Gasteiger partial charge in [0.1, 0.15) is 6.07 Å². The molecule has 0 spiro atoms. The quantitative estimate of drug-likeness (QED) is 0.738. The third-order valence-electron chi connectivity index (χ3n) is 4.10. The van der Waals surface area contributed by atoms with E-state index in [9.17, 15) is 0 Å². The monoisotopic (exact) mass is 228 g/mol. The Bertz CT molecular complexity index is 451. The van der Waals surface area contributed by atoms with E-state index >= 15 is 0 Å². The van der Waals surface area contributed by atoms with E-state index < -0.39 is 0 Å². The highest BCUT2D eigenvalue weighted by molar-refractivity contribution is 5.54. The minimum atomic E-state index is 0.590. The van der Waals surface area contributed by atoms with Crippen LogP contribution in [0.25, 0.3) is 0 Å². The molecule has 0 N–H and O–H groups in total. The average Bonchev–Trinajstić information content (AvgIpc) is 2.82. The number of nitriles is 1. The topological polar surface area (TPSA) is 52.8 Å². The Labute approximate surface area is 101 Å². The van der Waals surface area contributed by atoms with Gasteiger partial charge in [-0.3, -0.25) is 0 Å². The number of hydrogen-bond acceptors (Lipinski definition) is 4. The maximum Gasteiger partial charge on any atom is 0.169 e. The Morgan fingerprint density at radius 2 is 2.18 bits per heavy atom. The van der Waals surface area contributed by atoms with Crippen molar-refractivity contribution in [1.82, 2.24) is 10.2 Å². The van der Waals surface area contributed by atoms with Crippen molar-refractivity contribution < 1.29 is 0 Å². The SMILES string of the molecule is N#Cc1ccnnc1N1CCC2CCCCC21. The molecule has 17 heavy (non-hydrogen) atoms. The van der Waals surface area contributed by atoms with Crippen LogP contribution in [-0.4, -0.2) is 22.8 Å². The van der Waals surface area contributed by atoms with Gasteiger partial charge < -0.3 is 4.90 Å². The standard InChI is InChI=1S/C13H16N4/c14-9-11-5-7-15-16-13(11)17-8-6-10-3-1-2-4-12(10)17/h5,7,10,12H,1-4,6,8H2. The van der Waals surface area contributed by atoms with Crippen LogP contribution >= 0.6 is 0 Å². The molecule has 1 saturated heterocycles. The largest absolute Gasteiger partial charge is 0.351 e. The molecule has 0 aromatic carbocycles. The predicted octanol–water partition coefficient (Wildman–Crippen LogP) is 2.12. The van der Waals surface area contributed by atoms with Crippen LogP contribution in [0.1, 0.15) is 37.7 Å². The van der Waals surface area contributed by atoms with Gasteiger partial charge in [0.25, 0.3) is 0 Å². The summed E-state index contributed by atoms with van der Waals surface area (Å²) in [6, 6.07) is 4.58. The first kappa shape index (κ1) is 10.5. The third kappa shape index (κ3) is 1.76. The van der Waals surface area contributed by atoms with Gasteiger partial charge in [0.2, 0.25) is 0 Å². The lowest BCUT2D eigenvalue weighted by molar-refractivity contribution is 0.341. The molecule has 2 heterocycles. The minimum absolute atomic E-state index is 0.590. The van der Waals surface area contributed by atoms with E-state index in [-0.39, 0.29) is 0 Å². The van der Waals surface area contributed by atoms with Crippen LogP contribution < -0.4 is 4.90 Å². The second-order valence-electron chi connectivity index (χ2n) is 4.97. The van der Waals surface area contributed by atoms with Crippen LogP contribution in [-0.2, 0) is 0 Å². The molecule has 2 fully saturated rings. The number of fused-ring (bicyclic) bond motifs is 1. The average molecular weight is 228 g/mol. The Balaban J connectivity index is 1.92. The summed E-state index contributed by atoms with van der Waals surface area (Å²) in [4.78, 5) is 2.31. The lowest BCUT2D eigenvalue weighted by Gasteiger charge is -2.32.